The first-order valence-corrected chi connectivity index (χ1v) is 5.07. The number of nitrogens with zero attached hydrogens (tertiary/aromatic N) is 1. The fraction of sp³-hybridized carbons (Fsp3) is 0.417. The zero-order chi connectivity index (χ0) is 11.3. The molecule has 3 heteroatoms. The van der Waals surface area contributed by atoms with E-state index >= 15 is 0 Å². The lowest BCUT2D eigenvalue weighted by atomic mass is 10.1. The predicted molar refractivity (Wildman–Crippen MR) is 61.6 cm³/mol. The number of hydrogen-bond donors (Lipinski definition) is 1. The molecule has 82 valence electrons. The maximum atomic E-state index is 11.1. The van der Waals surface area contributed by atoms with Crippen molar-refractivity contribution < 1.29 is 4.79 Å². The highest BCUT2D eigenvalue weighted by atomic mass is 16.1. The molecule has 0 aromatic heterocycles. The Morgan fingerprint density at radius 1 is 1.33 bits per heavy atom. The summed E-state index contributed by atoms with van der Waals surface area (Å²) in [5.74, 6) is 0.0737. The van der Waals surface area contributed by atoms with Gasteiger partial charge in [-0.05, 0) is 19.5 Å². The molecule has 0 radical (unpaired) electrons. The van der Waals surface area contributed by atoms with E-state index in [-0.39, 0.29) is 12.3 Å². The number of nitrogens with two attached hydrogens (primary N) is 1. The van der Waals surface area contributed by atoms with Crippen molar-refractivity contribution in [3.63, 3.8) is 0 Å². The van der Waals surface area contributed by atoms with Gasteiger partial charge in [0.15, 0.2) is 5.78 Å². The van der Waals surface area contributed by atoms with E-state index in [0.717, 1.165) is 6.54 Å². The van der Waals surface area contributed by atoms with Crippen LogP contribution in [0.4, 0.5) is 0 Å². The van der Waals surface area contributed by atoms with Crippen LogP contribution in [0.1, 0.15) is 11.1 Å². The molecule has 0 amide bonds. The third kappa shape index (κ3) is 4.23. The summed E-state index contributed by atoms with van der Waals surface area (Å²) in [6, 6.07) is 8.32. The number of Topliss-reactive ketones (excluding diaryl/α,β-unsaturated/α-hetero) is 1. The molecule has 2 N–H and O–H groups in total. The monoisotopic (exact) mass is 206 g/mol. The van der Waals surface area contributed by atoms with E-state index in [0.29, 0.717) is 6.54 Å². The maximum Gasteiger partial charge on any atom is 0.160 e. The second-order valence-electron chi connectivity index (χ2n) is 3.90. The molecule has 0 spiro atoms. The lowest BCUT2D eigenvalue weighted by Crippen LogP contribution is -2.29. The van der Waals surface area contributed by atoms with E-state index in [4.69, 9.17) is 5.73 Å². The van der Waals surface area contributed by atoms with Gasteiger partial charge in [-0.15, -0.1) is 0 Å². The van der Waals surface area contributed by atoms with Gasteiger partial charge in [0.25, 0.3) is 0 Å². The van der Waals surface area contributed by atoms with Crippen LogP contribution in [-0.2, 0) is 11.3 Å². The van der Waals surface area contributed by atoms with Gasteiger partial charge in [0.2, 0.25) is 0 Å². The van der Waals surface area contributed by atoms with Crippen LogP contribution in [0.15, 0.2) is 24.3 Å². The first kappa shape index (κ1) is 11.9. The highest BCUT2D eigenvalue weighted by molar-refractivity contribution is 5.82. The topological polar surface area (TPSA) is 46.3 Å². The smallest absolute Gasteiger partial charge is 0.160 e. The molecule has 1 aromatic rings. The van der Waals surface area contributed by atoms with Gasteiger partial charge in [-0.25, -0.2) is 0 Å². The molecule has 3 nitrogen and oxygen atoms in total. The molecule has 0 aliphatic carbocycles. The summed E-state index contributed by atoms with van der Waals surface area (Å²) >= 11 is 0. The van der Waals surface area contributed by atoms with E-state index < -0.39 is 0 Å². The second kappa shape index (κ2) is 5.63. The lowest BCUT2D eigenvalue weighted by Gasteiger charge is -2.15. The summed E-state index contributed by atoms with van der Waals surface area (Å²) < 4.78 is 0. The van der Waals surface area contributed by atoms with Gasteiger partial charge in [-0.2, -0.15) is 0 Å². The first-order chi connectivity index (χ1) is 7.11. The molecule has 0 saturated carbocycles. The van der Waals surface area contributed by atoms with Crippen molar-refractivity contribution in [1.29, 1.82) is 0 Å². The van der Waals surface area contributed by atoms with Gasteiger partial charge in [0, 0.05) is 6.54 Å². The van der Waals surface area contributed by atoms with Crippen molar-refractivity contribution in [3.8, 4) is 0 Å². The number of ketones is 1. The number of aryl methyl sites for hydroxylation is 1. The molecule has 0 heterocycles. The Kier molecular flexibility index (Phi) is 4.46. The summed E-state index contributed by atoms with van der Waals surface area (Å²) in [6.07, 6.45) is 0. The minimum Gasteiger partial charge on any atom is -0.324 e. The van der Waals surface area contributed by atoms with Crippen LogP contribution in [0.25, 0.3) is 0 Å². The largest absolute Gasteiger partial charge is 0.324 e. The molecular formula is C12H18N2O. The van der Waals surface area contributed by atoms with Crippen LogP contribution in [0.5, 0.6) is 0 Å². The summed E-state index contributed by atoms with van der Waals surface area (Å²) in [5.41, 5.74) is 7.72. The fourth-order valence-electron chi connectivity index (χ4n) is 1.43. The molecule has 0 unspecified atom stereocenters. The Hall–Kier alpha value is -1.19. The SMILES string of the molecule is Cc1ccc(CN(C)CC(=O)CN)cc1. The molecular weight excluding hydrogens is 188 g/mol. The van der Waals surface area contributed by atoms with Crippen LogP contribution >= 0.6 is 0 Å². The van der Waals surface area contributed by atoms with Crippen molar-refractivity contribution in [3.05, 3.63) is 35.4 Å². The van der Waals surface area contributed by atoms with Gasteiger partial charge in [-0.1, -0.05) is 29.8 Å². The highest BCUT2D eigenvalue weighted by Crippen LogP contribution is 2.05. The molecule has 0 atom stereocenters. The third-order valence-electron chi connectivity index (χ3n) is 2.25. The maximum absolute atomic E-state index is 11.1. The van der Waals surface area contributed by atoms with Crippen LogP contribution in [0.2, 0.25) is 0 Å². The number of benzene rings is 1. The quantitative estimate of drug-likeness (QED) is 0.780. The van der Waals surface area contributed by atoms with E-state index in [1.807, 2.05) is 11.9 Å². The predicted octanol–water partition coefficient (Wildman–Crippen LogP) is 0.955. The van der Waals surface area contributed by atoms with Crippen molar-refractivity contribution in [1.82, 2.24) is 4.90 Å². The highest BCUT2D eigenvalue weighted by Gasteiger charge is 2.04. The minimum atomic E-state index is 0.0737. The van der Waals surface area contributed by atoms with Crippen molar-refractivity contribution >= 4 is 5.78 Å². The van der Waals surface area contributed by atoms with Crippen molar-refractivity contribution in [2.75, 3.05) is 20.1 Å². The van der Waals surface area contributed by atoms with Gasteiger partial charge < -0.3 is 5.73 Å². The molecule has 0 saturated heterocycles. The zero-order valence-corrected chi connectivity index (χ0v) is 9.36. The Morgan fingerprint density at radius 3 is 2.47 bits per heavy atom. The lowest BCUT2D eigenvalue weighted by molar-refractivity contribution is -0.118. The number of carbonyl (C=O) groups excluding carboxylic acids is 1. The standard InChI is InChI=1S/C12H18N2O/c1-10-3-5-11(6-4-10)8-14(2)9-12(15)7-13/h3-6H,7-9,13H2,1-2H3. The number of hydrogen-bond acceptors (Lipinski definition) is 3. The Morgan fingerprint density at radius 2 is 1.93 bits per heavy atom. The van der Waals surface area contributed by atoms with Crippen LogP contribution < -0.4 is 5.73 Å². The zero-order valence-electron chi connectivity index (χ0n) is 9.36. The van der Waals surface area contributed by atoms with Gasteiger partial charge in [0.1, 0.15) is 0 Å². The van der Waals surface area contributed by atoms with Crippen molar-refractivity contribution in [2.45, 2.75) is 13.5 Å². The molecule has 15 heavy (non-hydrogen) atoms. The summed E-state index contributed by atoms with van der Waals surface area (Å²) in [6.45, 7) is 3.39. The number of likely N-dealkylation sites (N-methyl/N-ethyl adjacent to an activating group) is 1. The van der Waals surface area contributed by atoms with Crippen LogP contribution in [0, 0.1) is 6.92 Å². The number of carbonyl (C=O) groups is 1. The van der Waals surface area contributed by atoms with Crippen LogP contribution in [-0.4, -0.2) is 30.8 Å². The van der Waals surface area contributed by atoms with Gasteiger partial charge in [0.05, 0.1) is 13.1 Å². The van der Waals surface area contributed by atoms with E-state index in [1.54, 1.807) is 0 Å². The molecule has 0 aliphatic rings. The van der Waals surface area contributed by atoms with E-state index in [1.165, 1.54) is 11.1 Å². The Labute approximate surface area is 90.9 Å². The van der Waals surface area contributed by atoms with Gasteiger partial charge in [-0.3, -0.25) is 9.69 Å². The van der Waals surface area contributed by atoms with Gasteiger partial charge >= 0.3 is 0 Å². The molecule has 0 aliphatic heterocycles. The second-order valence-corrected chi connectivity index (χ2v) is 3.90. The van der Waals surface area contributed by atoms with E-state index in [9.17, 15) is 4.79 Å². The van der Waals surface area contributed by atoms with Crippen molar-refractivity contribution in [2.24, 2.45) is 5.73 Å². The van der Waals surface area contributed by atoms with E-state index in [2.05, 4.69) is 31.2 Å². The number of rotatable bonds is 5. The summed E-state index contributed by atoms with van der Waals surface area (Å²) in [4.78, 5) is 13.1. The minimum absolute atomic E-state index is 0.0737. The molecule has 1 rings (SSSR count). The summed E-state index contributed by atoms with van der Waals surface area (Å²) in [7, 11) is 1.92. The third-order valence-corrected chi connectivity index (χ3v) is 2.25. The average Bonchev–Trinajstić information content (AvgIpc) is 2.21. The molecule has 1 aromatic carbocycles. The normalized spacial score (nSPS) is 10.7. The fourth-order valence-corrected chi connectivity index (χ4v) is 1.43. The Bertz CT molecular complexity index is 319. The summed E-state index contributed by atoms with van der Waals surface area (Å²) in [5, 5.41) is 0. The van der Waals surface area contributed by atoms with Crippen LogP contribution in [0.3, 0.4) is 0 Å². The first-order valence-electron chi connectivity index (χ1n) is 5.07. The molecule has 0 fully saturated rings. The average molecular weight is 206 g/mol. The molecule has 0 bridgehead atoms. The Balaban J connectivity index is 2.47.